The van der Waals surface area contributed by atoms with Gasteiger partial charge in [0, 0.05) is 0 Å². The highest BCUT2D eigenvalue weighted by molar-refractivity contribution is 7.92. The molecule has 0 saturated carbocycles. The van der Waals surface area contributed by atoms with E-state index in [1.54, 1.807) is 24.3 Å². The number of hydrogen-bond acceptors (Lipinski definition) is 3. The number of benzene rings is 2. The van der Waals surface area contributed by atoms with Crippen molar-refractivity contribution in [3.05, 3.63) is 53.6 Å². The van der Waals surface area contributed by atoms with Crippen LogP contribution in [0.25, 0.3) is 0 Å². The van der Waals surface area contributed by atoms with Crippen molar-refractivity contribution >= 4 is 21.4 Å². The molecular weight excluding hydrogens is 298 g/mol. The summed E-state index contributed by atoms with van der Waals surface area (Å²) in [5.74, 6) is -2.29. The van der Waals surface area contributed by atoms with Crippen LogP contribution in [-0.2, 0) is 16.4 Å². The Morgan fingerprint density at radius 2 is 1.81 bits per heavy atom. The monoisotopic (exact) mass is 312 g/mol. The van der Waals surface area contributed by atoms with Crippen LogP contribution in [0.3, 0.4) is 0 Å². The number of hydrogen-bond donors (Lipinski definition) is 2. The summed E-state index contributed by atoms with van der Waals surface area (Å²) >= 11 is 0. The zero-order valence-corrected chi connectivity index (χ0v) is 12.0. The van der Waals surface area contributed by atoms with E-state index < -0.39 is 32.2 Å². The molecular formula is C14H14F2N2O2S. The smallest absolute Gasteiger partial charge is 0.264 e. The molecule has 0 fully saturated rings. The van der Waals surface area contributed by atoms with E-state index in [2.05, 4.69) is 4.72 Å². The van der Waals surface area contributed by atoms with Crippen LogP contribution >= 0.6 is 0 Å². The zero-order chi connectivity index (χ0) is 15.6. The van der Waals surface area contributed by atoms with Gasteiger partial charge in [-0.2, -0.15) is 0 Å². The Morgan fingerprint density at radius 3 is 2.48 bits per heavy atom. The molecule has 0 bridgehead atoms. The van der Waals surface area contributed by atoms with Crippen molar-refractivity contribution in [1.29, 1.82) is 0 Å². The number of rotatable bonds is 4. The molecule has 0 saturated heterocycles. The van der Waals surface area contributed by atoms with Crippen LogP contribution in [0.15, 0.2) is 41.3 Å². The molecule has 0 aliphatic rings. The lowest BCUT2D eigenvalue weighted by molar-refractivity contribution is 0.557. The van der Waals surface area contributed by atoms with E-state index in [1.807, 2.05) is 6.92 Å². The highest BCUT2D eigenvalue weighted by Gasteiger charge is 2.23. The molecule has 2 aromatic carbocycles. The van der Waals surface area contributed by atoms with Gasteiger partial charge in [-0.15, -0.1) is 0 Å². The van der Waals surface area contributed by atoms with Gasteiger partial charge in [-0.3, -0.25) is 4.72 Å². The summed E-state index contributed by atoms with van der Waals surface area (Å²) in [6.07, 6.45) is 0.604. The van der Waals surface area contributed by atoms with Crippen LogP contribution in [0.4, 0.5) is 20.2 Å². The molecule has 21 heavy (non-hydrogen) atoms. The van der Waals surface area contributed by atoms with E-state index >= 15 is 0 Å². The number of nitrogens with one attached hydrogen (secondary N) is 1. The van der Waals surface area contributed by atoms with E-state index in [1.165, 1.54) is 0 Å². The van der Waals surface area contributed by atoms with Gasteiger partial charge < -0.3 is 5.73 Å². The molecule has 3 N–H and O–H groups in total. The first-order valence-electron chi connectivity index (χ1n) is 6.21. The molecule has 0 amide bonds. The predicted molar refractivity (Wildman–Crippen MR) is 77.4 cm³/mol. The van der Waals surface area contributed by atoms with Crippen LogP contribution in [0.5, 0.6) is 0 Å². The second-order valence-corrected chi connectivity index (χ2v) is 6.04. The van der Waals surface area contributed by atoms with E-state index in [9.17, 15) is 17.2 Å². The third kappa shape index (κ3) is 2.97. The molecule has 7 heteroatoms. The van der Waals surface area contributed by atoms with E-state index in [4.69, 9.17) is 5.73 Å². The molecule has 0 radical (unpaired) electrons. The Kier molecular flexibility index (Phi) is 4.13. The summed E-state index contributed by atoms with van der Waals surface area (Å²) < 4.78 is 53.7. The first-order chi connectivity index (χ1) is 9.86. The first-order valence-corrected chi connectivity index (χ1v) is 7.69. The average Bonchev–Trinajstić information content (AvgIpc) is 2.44. The Bertz CT molecular complexity index is 777. The fourth-order valence-corrected chi connectivity index (χ4v) is 3.08. The Labute approximate surface area is 121 Å². The topological polar surface area (TPSA) is 72.2 Å². The van der Waals surface area contributed by atoms with Gasteiger partial charge in [-0.05, 0) is 30.2 Å². The minimum Gasteiger partial charge on any atom is -0.394 e. The molecule has 112 valence electrons. The summed E-state index contributed by atoms with van der Waals surface area (Å²) in [5, 5.41) is 0. The third-order valence-corrected chi connectivity index (χ3v) is 4.41. The summed E-state index contributed by atoms with van der Waals surface area (Å²) in [7, 11) is -4.19. The van der Waals surface area contributed by atoms with Crippen molar-refractivity contribution in [3.63, 3.8) is 0 Å². The van der Waals surface area contributed by atoms with Crippen molar-refractivity contribution in [1.82, 2.24) is 0 Å². The number of anilines is 2. The lowest BCUT2D eigenvalue weighted by atomic mass is 10.1. The molecule has 0 heterocycles. The number of halogens is 2. The van der Waals surface area contributed by atoms with Gasteiger partial charge in [0.15, 0.2) is 5.82 Å². The van der Waals surface area contributed by atoms with E-state index in [0.717, 1.165) is 17.7 Å². The second-order valence-electron chi connectivity index (χ2n) is 4.39. The summed E-state index contributed by atoms with van der Waals surface area (Å²) in [6, 6.07) is 8.42. The van der Waals surface area contributed by atoms with E-state index in [0.29, 0.717) is 12.1 Å². The van der Waals surface area contributed by atoms with Crippen molar-refractivity contribution in [2.75, 3.05) is 10.5 Å². The SMILES string of the molecule is CCc1ccccc1NS(=O)(=O)c1ccc(F)c(N)c1F. The van der Waals surface area contributed by atoms with Gasteiger partial charge in [0.1, 0.15) is 16.4 Å². The number of nitrogens with two attached hydrogens (primary N) is 1. The molecule has 0 aliphatic heterocycles. The largest absolute Gasteiger partial charge is 0.394 e. The van der Waals surface area contributed by atoms with Gasteiger partial charge in [-0.25, -0.2) is 17.2 Å². The van der Waals surface area contributed by atoms with Crippen LogP contribution < -0.4 is 10.5 Å². The number of aryl methyl sites for hydroxylation is 1. The number of nitrogen functional groups attached to an aromatic ring is 1. The molecule has 4 nitrogen and oxygen atoms in total. The summed E-state index contributed by atoms with van der Waals surface area (Å²) in [5.41, 5.74) is 5.48. The normalized spacial score (nSPS) is 11.4. The van der Waals surface area contributed by atoms with Crippen LogP contribution in [0, 0.1) is 11.6 Å². The Morgan fingerprint density at radius 1 is 1.14 bits per heavy atom. The molecule has 0 aromatic heterocycles. The fraction of sp³-hybridized carbons (Fsp3) is 0.143. The average molecular weight is 312 g/mol. The molecule has 2 rings (SSSR count). The van der Waals surface area contributed by atoms with Crippen LogP contribution in [-0.4, -0.2) is 8.42 Å². The van der Waals surface area contributed by atoms with E-state index in [-0.39, 0.29) is 0 Å². The summed E-state index contributed by atoms with van der Waals surface area (Å²) in [6.45, 7) is 1.86. The molecule has 0 unspecified atom stereocenters. The summed E-state index contributed by atoms with van der Waals surface area (Å²) in [4.78, 5) is -0.688. The van der Waals surface area contributed by atoms with Gasteiger partial charge in [0.25, 0.3) is 10.0 Å². The van der Waals surface area contributed by atoms with Crippen LogP contribution in [0.2, 0.25) is 0 Å². The quantitative estimate of drug-likeness (QED) is 0.853. The fourth-order valence-electron chi connectivity index (χ4n) is 1.88. The van der Waals surface area contributed by atoms with Gasteiger partial charge in [0.05, 0.1) is 5.69 Å². The number of para-hydroxylation sites is 1. The van der Waals surface area contributed by atoms with Crippen molar-refractivity contribution in [3.8, 4) is 0 Å². The standard InChI is InChI=1S/C14H14F2N2O2S/c1-2-9-5-3-4-6-11(9)18-21(19,20)12-8-7-10(15)14(17)13(12)16/h3-8,18H,2,17H2,1H3. The maximum Gasteiger partial charge on any atom is 0.264 e. The molecule has 0 spiro atoms. The van der Waals surface area contributed by atoms with Gasteiger partial charge >= 0.3 is 0 Å². The van der Waals surface area contributed by atoms with Crippen molar-refractivity contribution in [2.24, 2.45) is 0 Å². The van der Waals surface area contributed by atoms with Gasteiger partial charge in [0.2, 0.25) is 0 Å². The molecule has 0 atom stereocenters. The predicted octanol–water partition coefficient (Wildman–Crippen LogP) is 2.91. The van der Waals surface area contributed by atoms with Crippen LogP contribution in [0.1, 0.15) is 12.5 Å². The second kappa shape index (κ2) is 5.69. The zero-order valence-electron chi connectivity index (χ0n) is 11.2. The first kappa shape index (κ1) is 15.2. The molecule has 2 aromatic rings. The van der Waals surface area contributed by atoms with Crippen molar-refractivity contribution < 1.29 is 17.2 Å². The Hall–Kier alpha value is -2.15. The third-order valence-electron chi connectivity index (χ3n) is 3.02. The minimum absolute atomic E-state index is 0.349. The lowest BCUT2D eigenvalue weighted by Crippen LogP contribution is -2.16. The van der Waals surface area contributed by atoms with Gasteiger partial charge in [-0.1, -0.05) is 25.1 Å². The number of sulfonamides is 1. The Balaban J connectivity index is 2.46. The maximum atomic E-state index is 13.9. The highest BCUT2D eigenvalue weighted by Crippen LogP contribution is 2.26. The highest BCUT2D eigenvalue weighted by atomic mass is 32.2. The lowest BCUT2D eigenvalue weighted by Gasteiger charge is -2.13. The molecule has 0 aliphatic carbocycles. The minimum atomic E-state index is -4.19. The maximum absolute atomic E-state index is 13.9. The van der Waals surface area contributed by atoms with Crippen molar-refractivity contribution in [2.45, 2.75) is 18.2 Å².